The van der Waals surface area contributed by atoms with Crippen molar-refractivity contribution in [1.82, 2.24) is 0 Å². The summed E-state index contributed by atoms with van der Waals surface area (Å²) in [7, 11) is 0. The van der Waals surface area contributed by atoms with E-state index in [-0.39, 0.29) is 5.92 Å². The Morgan fingerprint density at radius 2 is 1.90 bits per heavy atom. The van der Waals surface area contributed by atoms with E-state index in [4.69, 9.17) is 28.9 Å². The molecule has 0 aromatic rings. The van der Waals surface area contributed by atoms with Crippen molar-refractivity contribution < 1.29 is 4.79 Å². The molecule has 1 fully saturated rings. The van der Waals surface area contributed by atoms with Gasteiger partial charge >= 0.3 is 0 Å². The summed E-state index contributed by atoms with van der Waals surface area (Å²) in [5.74, 6) is -0.467. The van der Waals surface area contributed by atoms with Gasteiger partial charge in [0.1, 0.15) is 4.33 Å². The van der Waals surface area contributed by atoms with Gasteiger partial charge in [-0.2, -0.15) is 0 Å². The molecule has 0 saturated heterocycles. The van der Waals surface area contributed by atoms with Crippen LogP contribution in [0, 0.1) is 11.3 Å². The van der Waals surface area contributed by atoms with Crippen LogP contribution in [0.2, 0.25) is 0 Å². The minimum atomic E-state index is -0.946. The molecule has 0 aromatic heterocycles. The van der Waals surface area contributed by atoms with Gasteiger partial charge in [-0.1, -0.05) is 6.92 Å². The van der Waals surface area contributed by atoms with Crippen LogP contribution < -0.4 is 5.73 Å². The smallest absolute Gasteiger partial charge is 0.226 e. The Hall–Kier alpha value is 0.0500. The lowest BCUT2D eigenvalue weighted by Crippen LogP contribution is -2.26. The van der Waals surface area contributed by atoms with Crippen molar-refractivity contribution in [3.63, 3.8) is 0 Å². The molecular formula is C6H9Cl2NO. The van der Waals surface area contributed by atoms with Crippen LogP contribution in [0.1, 0.15) is 13.8 Å². The Bertz CT molecular complexity index is 192. The second-order valence-corrected chi connectivity index (χ2v) is 4.30. The molecule has 1 aliphatic rings. The highest BCUT2D eigenvalue weighted by Crippen LogP contribution is 2.68. The predicted molar refractivity (Wildman–Crippen MR) is 40.9 cm³/mol. The van der Waals surface area contributed by atoms with E-state index >= 15 is 0 Å². The molecule has 2 atom stereocenters. The van der Waals surface area contributed by atoms with Crippen molar-refractivity contribution in [3.8, 4) is 0 Å². The summed E-state index contributed by atoms with van der Waals surface area (Å²) >= 11 is 11.5. The van der Waals surface area contributed by atoms with Crippen LogP contribution in [0.4, 0.5) is 0 Å². The molecule has 2 nitrogen and oxygen atoms in total. The number of halogens is 2. The molecule has 1 saturated carbocycles. The van der Waals surface area contributed by atoms with Gasteiger partial charge in [0.15, 0.2) is 0 Å². The maximum Gasteiger partial charge on any atom is 0.226 e. The molecule has 1 aliphatic carbocycles. The SMILES string of the molecule is C[C@@H]1C(Cl)(Cl)[C@]1(C)C(N)=O. The summed E-state index contributed by atoms with van der Waals surface area (Å²) in [6.07, 6.45) is 0. The van der Waals surface area contributed by atoms with E-state index in [1.54, 1.807) is 6.92 Å². The van der Waals surface area contributed by atoms with Gasteiger partial charge in [-0.05, 0) is 6.92 Å². The maximum absolute atomic E-state index is 10.8. The fourth-order valence-corrected chi connectivity index (χ4v) is 1.95. The van der Waals surface area contributed by atoms with Gasteiger partial charge in [-0.15, -0.1) is 23.2 Å². The average molecular weight is 182 g/mol. The lowest BCUT2D eigenvalue weighted by Gasteiger charge is -2.04. The van der Waals surface area contributed by atoms with Crippen LogP contribution in [-0.2, 0) is 4.79 Å². The fraction of sp³-hybridized carbons (Fsp3) is 0.833. The lowest BCUT2D eigenvalue weighted by atomic mass is 10.1. The van der Waals surface area contributed by atoms with Gasteiger partial charge in [0.05, 0.1) is 5.41 Å². The zero-order chi connectivity index (χ0) is 8.15. The number of carbonyl (C=O) groups is 1. The molecule has 0 aliphatic heterocycles. The molecular weight excluding hydrogens is 173 g/mol. The second kappa shape index (κ2) is 1.80. The van der Waals surface area contributed by atoms with Crippen LogP contribution in [0.25, 0.3) is 0 Å². The molecule has 0 heterocycles. The quantitative estimate of drug-likeness (QED) is 0.610. The molecule has 58 valence electrons. The molecule has 0 aromatic carbocycles. The molecule has 4 heteroatoms. The van der Waals surface area contributed by atoms with Crippen molar-refractivity contribution in [2.45, 2.75) is 18.2 Å². The molecule has 0 unspecified atom stereocenters. The van der Waals surface area contributed by atoms with Crippen LogP contribution in [-0.4, -0.2) is 10.2 Å². The zero-order valence-electron chi connectivity index (χ0n) is 5.82. The number of primary amides is 1. The standard InChI is InChI=1S/C6H9Cl2NO/c1-3-5(2,4(9)10)6(3,7)8/h3H,1-2H3,(H2,9,10)/t3-,5-/m0/s1. The zero-order valence-corrected chi connectivity index (χ0v) is 7.33. The molecule has 1 amide bonds. The monoisotopic (exact) mass is 181 g/mol. The van der Waals surface area contributed by atoms with E-state index in [0.717, 1.165) is 0 Å². The minimum absolute atomic E-state index is 0.0409. The molecule has 0 radical (unpaired) electrons. The number of nitrogens with two attached hydrogens (primary N) is 1. The first-order valence-corrected chi connectivity index (χ1v) is 3.78. The molecule has 10 heavy (non-hydrogen) atoms. The van der Waals surface area contributed by atoms with Crippen LogP contribution in [0.15, 0.2) is 0 Å². The average Bonchev–Trinajstić information content (AvgIpc) is 2.16. The third-order valence-corrected chi connectivity index (χ3v) is 3.97. The summed E-state index contributed by atoms with van der Waals surface area (Å²) in [5, 5.41) is 0. The third kappa shape index (κ3) is 0.638. The van der Waals surface area contributed by atoms with Crippen LogP contribution >= 0.6 is 23.2 Å². The van der Waals surface area contributed by atoms with E-state index < -0.39 is 15.7 Å². The largest absolute Gasteiger partial charge is 0.369 e. The summed E-state index contributed by atoms with van der Waals surface area (Å²) in [4.78, 5) is 10.8. The highest BCUT2D eigenvalue weighted by atomic mass is 35.5. The normalized spacial score (nSPS) is 43.0. The van der Waals surface area contributed by atoms with Crippen molar-refractivity contribution in [2.24, 2.45) is 17.1 Å². The van der Waals surface area contributed by atoms with Gasteiger partial charge in [0, 0.05) is 5.92 Å². The number of rotatable bonds is 1. The van der Waals surface area contributed by atoms with Crippen molar-refractivity contribution in [3.05, 3.63) is 0 Å². The van der Waals surface area contributed by atoms with Gasteiger partial charge < -0.3 is 5.73 Å². The van der Waals surface area contributed by atoms with Gasteiger partial charge in [0.2, 0.25) is 5.91 Å². The Morgan fingerprint density at radius 1 is 1.60 bits per heavy atom. The molecule has 1 rings (SSSR count). The Balaban J connectivity index is 2.88. The second-order valence-electron chi connectivity index (χ2n) is 2.91. The van der Waals surface area contributed by atoms with Crippen LogP contribution in [0.3, 0.4) is 0 Å². The van der Waals surface area contributed by atoms with Crippen LogP contribution in [0.5, 0.6) is 0 Å². The summed E-state index contributed by atoms with van der Waals surface area (Å²) in [6.45, 7) is 3.49. The summed E-state index contributed by atoms with van der Waals surface area (Å²) in [5.41, 5.74) is 4.36. The first-order chi connectivity index (χ1) is 4.35. The first-order valence-electron chi connectivity index (χ1n) is 3.03. The van der Waals surface area contributed by atoms with Gasteiger partial charge in [-0.3, -0.25) is 4.79 Å². The van der Waals surface area contributed by atoms with E-state index in [1.165, 1.54) is 0 Å². The Labute approximate surface area is 69.7 Å². The van der Waals surface area contributed by atoms with Crippen molar-refractivity contribution in [2.75, 3.05) is 0 Å². The molecule has 0 spiro atoms. The number of hydrogen-bond acceptors (Lipinski definition) is 1. The van der Waals surface area contributed by atoms with E-state index in [1.807, 2.05) is 6.92 Å². The molecule has 2 N–H and O–H groups in total. The number of carbonyl (C=O) groups excluding carboxylic acids is 1. The summed E-state index contributed by atoms with van der Waals surface area (Å²) < 4.78 is -0.946. The highest BCUT2D eigenvalue weighted by molar-refractivity contribution is 6.53. The summed E-state index contributed by atoms with van der Waals surface area (Å²) in [6, 6.07) is 0. The predicted octanol–water partition coefficient (Wildman–Crippen LogP) is 1.30. The maximum atomic E-state index is 10.8. The van der Waals surface area contributed by atoms with Gasteiger partial charge in [0.25, 0.3) is 0 Å². The van der Waals surface area contributed by atoms with E-state index in [0.29, 0.717) is 0 Å². The van der Waals surface area contributed by atoms with Gasteiger partial charge in [-0.25, -0.2) is 0 Å². The van der Waals surface area contributed by atoms with E-state index in [9.17, 15) is 4.79 Å². The molecule has 0 bridgehead atoms. The third-order valence-electron chi connectivity index (χ3n) is 2.53. The highest BCUT2D eigenvalue weighted by Gasteiger charge is 2.74. The number of amides is 1. The Morgan fingerprint density at radius 3 is 1.90 bits per heavy atom. The minimum Gasteiger partial charge on any atom is -0.369 e. The number of alkyl halides is 2. The lowest BCUT2D eigenvalue weighted by molar-refractivity contribution is -0.122. The van der Waals surface area contributed by atoms with Crippen molar-refractivity contribution >= 4 is 29.1 Å². The Kier molecular flexibility index (Phi) is 1.47. The van der Waals surface area contributed by atoms with Crippen molar-refractivity contribution in [1.29, 1.82) is 0 Å². The first kappa shape index (κ1) is 8.15. The topological polar surface area (TPSA) is 43.1 Å². The number of hydrogen-bond donors (Lipinski definition) is 1. The fourth-order valence-electron chi connectivity index (χ4n) is 1.11. The van der Waals surface area contributed by atoms with E-state index in [2.05, 4.69) is 0 Å².